The highest BCUT2D eigenvalue weighted by atomic mass is 15.2. The molecule has 3 aliphatic heterocycles. The molecule has 2 N–H and O–H groups in total. The normalized spacial score (nSPS) is 28.7. The summed E-state index contributed by atoms with van der Waals surface area (Å²) in [5.41, 5.74) is 8.06. The molecule has 20 heavy (non-hydrogen) atoms. The smallest absolute Gasteiger partial charge is 0.123 e. The van der Waals surface area contributed by atoms with Gasteiger partial charge in [-0.25, -0.2) is 9.97 Å². The lowest BCUT2D eigenvalue weighted by molar-refractivity contribution is 0.0577. The Kier molecular flexibility index (Phi) is 2.73. The van der Waals surface area contributed by atoms with Crippen molar-refractivity contribution < 1.29 is 0 Å². The summed E-state index contributed by atoms with van der Waals surface area (Å²) in [6.45, 7) is 3.66. The summed E-state index contributed by atoms with van der Waals surface area (Å²) < 4.78 is 2.34. The largest absolute Gasteiger partial charge is 0.384 e. The summed E-state index contributed by atoms with van der Waals surface area (Å²) in [5, 5.41) is 0. The SMILES string of the molecule is Nc1cc(-c2cncn2C2CN3CCC2CC3)ccn1. The molecule has 3 aliphatic rings. The number of hydrogen-bond acceptors (Lipinski definition) is 4. The van der Waals surface area contributed by atoms with Crippen molar-refractivity contribution in [2.24, 2.45) is 5.92 Å². The number of imidazole rings is 1. The molecule has 1 unspecified atom stereocenters. The Hall–Kier alpha value is -1.88. The summed E-state index contributed by atoms with van der Waals surface area (Å²) in [7, 11) is 0. The first-order valence-electron chi connectivity index (χ1n) is 7.27. The van der Waals surface area contributed by atoms with Gasteiger partial charge >= 0.3 is 0 Å². The Morgan fingerprint density at radius 3 is 2.80 bits per heavy atom. The molecule has 2 aromatic rings. The molecule has 0 aliphatic carbocycles. The first-order valence-corrected chi connectivity index (χ1v) is 7.27. The quantitative estimate of drug-likeness (QED) is 0.903. The minimum absolute atomic E-state index is 0.546. The maximum absolute atomic E-state index is 5.80. The Morgan fingerprint density at radius 1 is 1.25 bits per heavy atom. The van der Waals surface area contributed by atoms with E-state index < -0.39 is 0 Å². The van der Waals surface area contributed by atoms with E-state index in [9.17, 15) is 0 Å². The van der Waals surface area contributed by atoms with Gasteiger partial charge in [0.25, 0.3) is 0 Å². The first kappa shape index (κ1) is 11.9. The van der Waals surface area contributed by atoms with E-state index in [0.29, 0.717) is 11.9 Å². The molecular formula is C15H19N5. The first-order chi connectivity index (χ1) is 9.81. The third kappa shape index (κ3) is 1.89. The van der Waals surface area contributed by atoms with Crippen LogP contribution < -0.4 is 5.73 Å². The molecule has 0 saturated carbocycles. The zero-order valence-corrected chi connectivity index (χ0v) is 11.4. The summed E-state index contributed by atoms with van der Waals surface area (Å²) in [5.74, 6) is 1.34. The molecule has 1 atom stereocenters. The number of fused-ring (bicyclic) bond motifs is 3. The standard InChI is InChI=1S/C15H19N5/c16-15-7-12(1-4-18-15)13-8-17-10-20(13)14-9-19-5-2-11(14)3-6-19/h1,4,7-8,10-11,14H,2-3,5-6,9H2,(H2,16,18). The van der Waals surface area contributed by atoms with E-state index in [-0.39, 0.29) is 0 Å². The van der Waals surface area contributed by atoms with Crippen LogP contribution in [0.15, 0.2) is 30.9 Å². The minimum Gasteiger partial charge on any atom is -0.384 e. The number of nitrogens with zero attached hydrogens (tertiary/aromatic N) is 4. The van der Waals surface area contributed by atoms with Crippen molar-refractivity contribution in [2.75, 3.05) is 25.4 Å². The molecule has 0 spiro atoms. The van der Waals surface area contributed by atoms with Crippen LogP contribution in [0, 0.1) is 5.92 Å². The fraction of sp³-hybridized carbons (Fsp3) is 0.467. The van der Waals surface area contributed by atoms with Crippen LogP contribution in [0.4, 0.5) is 5.82 Å². The molecule has 0 amide bonds. The Morgan fingerprint density at radius 2 is 2.10 bits per heavy atom. The van der Waals surface area contributed by atoms with Gasteiger partial charge in [-0.3, -0.25) is 0 Å². The lowest BCUT2D eigenvalue weighted by Gasteiger charge is -2.45. The molecule has 0 aromatic carbocycles. The molecule has 104 valence electrons. The zero-order valence-electron chi connectivity index (χ0n) is 11.4. The summed E-state index contributed by atoms with van der Waals surface area (Å²) in [6, 6.07) is 4.48. The molecule has 5 nitrogen and oxygen atoms in total. The van der Waals surface area contributed by atoms with Crippen LogP contribution in [0.2, 0.25) is 0 Å². The van der Waals surface area contributed by atoms with Crippen molar-refractivity contribution in [3.8, 4) is 11.3 Å². The average Bonchev–Trinajstić information content (AvgIpc) is 2.98. The van der Waals surface area contributed by atoms with Crippen molar-refractivity contribution in [1.29, 1.82) is 0 Å². The average molecular weight is 269 g/mol. The molecular weight excluding hydrogens is 250 g/mol. The van der Waals surface area contributed by atoms with E-state index >= 15 is 0 Å². The highest BCUT2D eigenvalue weighted by Crippen LogP contribution is 2.37. The zero-order chi connectivity index (χ0) is 13.5. The maximum atomic E-state index is 5.80. The topological polar surface area (TPSA) is 60.0 Å². The Bertz CT molecular complexity index is 612. The monoisotopic (exact) mass is 269 g/mol. The van der Waals surface area contributed by atoms with Crippen molar-refractivity contribution in [3.05, 3.63) is 30.9 Å². The predicted octanol–water partition coefficient (Wildman–Crippen LogP) is 1.79. The van der Waals surface area contributed by atoms with E-state index in [1.54, 1.807) is 6.20 Å². The van der Waals surface area contributed by atoms with Crippen LogP contribution in [0.25, 0.3) is 11.3 Å². The number of anilines is 1. The fourth-order valence-electron chi connectivity index (χ4n) is 3.65. The number of nitrogens with two attached hydrogens (primary N) is 1. The molecule has 5 heterocycles. The second-order valence-corrected chi connectivity index (χ2v) is 5.86. The number of pyridine rings is 1. The van der Waals surface area contributed by atoms with Crippen molar-refractivity contribution in [2.45, 2.75) is 18.9 Å². The van der Waals surface area contributed by atoms with Gasteiger partial charge in [-0.15, -0.1) is 0 Å². The van der Waals surface area contributed by atoms with Gasteiger partial charge in [0, 0.05) is 18.3 Å². The number of piperidine rings is 3. The number of hydrogen-bond donors (Lipinski definition) is 1. The summed E-state index contributed by atoms with van der Waals surface area (Å²) >= 11 is 0. The lowest BCUT2D eigenvalue weighted by Crippen LogP contribution is -2.48. The number of rotatable bonds is 2. The summed E-state index contributed by atoms with van der Waals surface area (Å²) in [6.07, 6.45) is 8.28. The van der Waals surface area contributed by atoms with Gasteiger partial charge in [-0.1, -0.05) is 0 Å². The molecule has 5 rings (SSSR count). The predicted molar refractivity (Wildman–Crippen MR) is 78.1 cm³/mol. The van der Waals surface area contributed by atoms with E-state index in [2.05, 4.69) is 19.4 Å². The Labute approximate surface area is 118 Å². The third-order valence-electron chi connectivity index (χ3n) is 4.72. The highest BCUT2D eigenvalue weighted by Gasteiger charge is 2.35. The van der Waals surface area contributed by atoms with E-state index in [0.717, 1.165) is 23.7 Å². The van der Waals surface area contributed by atoms with Gasteiger partial charge < -0.3 is 15.2 Å². The van der Waals surface area contributed by atoms with Crippen LogP contribution in [0.5, 0.6) is 0 Å². The number of aromatic nitrogens is 3. The Balaban J connectivity index is 1.72. The lowest BCUT2D eigenvalue weighted by atomic mass is 9.83. The van der Waals surface area contributed by atoms with Crippen LogP contribution in [0.1, 0.15) is 18.9 Å². The maximum Gasteiger partial charge on any atom is 0.123 e. The molecule has 2 aromatic heterocycles. The minimum atomic E-state index is 0.546. The van der Waals surface area contributed by atoms with Gasteiger partial charge in [0.05, 0.1) is 24.3 Å². The van der Waals surface area contributed by atoms with E-state index in [4.69, 9.17) is 5.73 Å². The number of nitrogen functional groups attached to an aromatic ring is 1. The van der Waals surface area contributed by atoms with Gasteiger partial charge in [-0.05, 0) is 44.0 Å². The van der Waals surface area contributed by atoms with Gasteiger partial charge in [0.2, 0.25) is 0 Å². The highest BCUT2D eigenvalue weighted by molar-refractivity contribution is 5.62. The van der Waals surface area contributed by atoms with Crippen molar-refractivity contribution in [1.82, 2.24) is 19.4 Å². The van der Waals surface area contributed by atoms with Gasteiger partial charge in [-0.2, -0.15) is 0 Å². The molecule has 5 heteroatoms. The van der Waals surface area contributed by atoms with E-state index in [1.807, 2.05) is 24.7 Å². The molecule has 2 bridgehead atoms. The van der Waals surface area contributed by atoms with Crippen LogP contribution in [-0.4, -0.2) is 39.1 Å². The van der Waals surface area contributed by atoms with Crippen LogP contribution >= 0.6 is 0 Å². The van der Waals surface area contributed by atoms with Crippen LogP contribution in [0.3, 0.4) is 0 Å². The second kappa shape index (κ2) is 4.59. The van der Waals surface area contributed by atoms with Gasteiger partial charge in [0.15, 0.2) is 0 Å². The van der Waals surface area contributed by atoms with Crippen molar-refractivity contribution in [3.63, 3.8) is 0 Å². The second-order valence-electron chi connectivity index (χ2n) is 5.86. The molecule has 0 radical (unpaired) electrons. The van der Waals surface area contributed by atoms with Crippen LogP contribution in [-0.2, 0) is 0 Å². The molecule has 3 fully saturated rings. The van der Waals surface area contributed by atoms with Gasteiger partial charge in [0.1, 0.15) is 5.82 Å². The summed E-state index contributed by atoms with van der Waals surface area (Å²) in [4.78, 5) is 11.0. The molecule has 3 saturated heterocycles. The van der Waals surface area contributed by atoms with E-state index in [1.165, 1.54) is 25.9 Å². The van der Waals surface area contributed by atoms with Crippen molar-refractivity contribution >= 4 is 5.82 Å². The fourth-order valence-corrected chi connectivity index (χ4v) is 3.65. The third-order valence-corrected chi connectivity index (χ3v) is 4.72.